The Bertz CT molecular complexity index is 831. The highest BCUT2D eigenvalue weighted by atomic mass is 16.1. The van der Waals surface area contributed by atoms with Gasteiger partial charge < -0.3 is 10.3 Å². The second-order valence-electron chi connectivity index (χ2n) is 4.14. The highest BCUT2D eigenvalue weighted by Gasteiger charge is 2.09. The van der Waals surface area contributed by atoms with E-state index < -0.39 is 0 Å². The van der Waals surface area contributed by atoms with Gasteiger partial charge in [0, 0.05) is 11.9 Å². The standard InChI is InChI=1S/C14H9N5O/c15-6-9-2-1-3-11(4-9)19-14(20)10-5-12-13(16-7-10)18-8-17-12/h1-5,7-8H,(H,19,20)(H,16,17,18). The van der Waals surface area contributed by atoms with Gasteiger partial charge in [-0.1, -0.05) is 6.07 Å². The summed E-state index contributed by atoms with van der Waals surface area (Å²) in [5.41, 5.74) is 2.74. The number of nitrogens with zero attached hydrogens (tertiary/aromatic N) is 3. The number of anilines is 1. The third-order valence-corrected chi connectivity index (χ3v) is 2.79. The molecule has 0 radical (unpaired) electrons. The summed E-state index contributed by atoms with van der Waals surface area (Å²) >= 11 is 0. The van der Waals surface area contributed by atoms with E-state index in [1.807, 2.05) is 6.07 Å². The van der Waals surface area contributed by atoms with Gasteiger partial charge in [0.1, 0.15) is 0 Å². The van der Waals surface area contributed by atoms with Gasteiger partial charge in [-0.2, -0.15) is 5.26 Å². The Balaban J connectivity index is 1.86. The Labute approximate surface area is 114 Å². The molecule has 96 valence electrons. The average Bonchev–Trinajstić information content (AvgIpc) is 2.94. The maximum Gasteiger partial charge on any atom is 0.257 e. The Morgan fingerprint density at radius 3 is 3.05 bits per heavy atom. The molecule has 6 heteroatoms. The van der Waals surface area contributed by atoms with Crippen molar-refractivity contribution < 1.29 is 4.79 Å². The molecule has 3 rings (SSSR count). The number of carbonyl (C=O) groups excluding carboxylic acids is 1. The summed E-state index contributed by atoms with van der Waals surface area (Å²) in [7, 11) is 0. The van der Waals surface area contributed by atoms with Gasteiger partial charge in [0.15, 0.2) is 5.65 Å². The van der Waals surface area contributed by atoms with Gasteiger partial charge in [0.25, 0.3) is 5.91 Å². The number of aromatic amines is 1. The summed E-state index contributed by atoms with van der Waals surface area (Å²) in [6.07, 6.45) is 2.99. The van der Waals surface area contributed by atoms with Gasteiger partial charge in [-0.25, -0.2) is 9.97 Å². The number of amides is 1. The second-order valence-corrected chi connectivity index (χ2v) is 4.14. The van der Waals surface area contributed by atoms with E-state index >= 15 is 0 Å². The Morgan fingerprint density at radius 1 is 1.30 bits per heavy atom. The van der Waals surface area contributed by atoms with Gasteiger partial charge in [0.2, 0.25) is 0 Å². The average molecular weight is 263 g/mol. The number of rotatable bonds is 2. The van der Waals surface area contributed by atoms with E-state index in [1.54, 1.807) is 30.3 Å². The van der Waals surface area contributed by atoms with E-state index in [1.165, 1.54) is 12.5 Å². The van der Waals surface area contributed by atoms with Crippen LogP contribution < -0.4 is 5.32 Å². The minimum Gasteiger partial charge on any atom is -0.343 e. The third-order valence-electron chi connectivity index (χ3n) is 2.79. The molecule has 0 saturated heterocycles. The van der Waals surface area contributed by atoms with Crippen molar-refractivity contribution in [3.63, 3.8) is 0 Å². The van der Waals surface area contributed by atoms with Gasteiger partial charge in [0.05, 0.1) is 29.0 Å². The van der Waals surface area contributed by atoms with Crippen molar-refractivity contribution in [3.05, 3.63) is 54.0 Å². The minimum absolute atomic E-state index is 0.288. The van der Waals surface area contributed by atoms with Crippen LogP contribution in [0, 0.1) is 11.3 Å². The normalized spacial score (nSPS) is 10.2. The number of nitriles is 1. The lowest BCUT2D eigenvalue weighted by Gasteiger charge is -2.05. The van der Waals surface area contributed by atoms with Gasteiger partial charge in [-0.15, -0.1) is 0 Å². The molecule has 0 atom stereocenters. The maximum atomic E-state index is 12.1. The topological polar surface area (TPSA) is 94.5 Å². The molecule has 0 unspecified atom stereocenters. The fraction of sp³-hybridized carbons (Fsp3) is 0. The first kappa shape index (κ1) is 11.9. The number of hydrogen-bond donors (Lipinski definition) is 2. The molecule has 2 aromatic heterocycles. The smallest absolute Gasteiger partial charge is 0.257 e. The first-order valence-corrected chi connectivity index (χ1v) is 5.87. The lowest BCUT2D eigenvalue weighted by molar-refractivity contribution is 0.102. The molecule has 0 fully saturated rings. The van der Waals surface area contributed by atoms with Crippen molar-refractivity contribution in [3.8, 4) is 6.07 Å². The lowest BCUT2D eigenvalue weighted by atomic mass is 10.2. The number of fused-ring (bicyclic) bond motifs is 1. The Hall–Kier alpha value is -3.20. The number of aromatic nitrogens is 3. The van der Waals surface area contributed by atoms with Crippen LogP contribution in [-0.2, 0) is 0 Å². The predicted octanol–water partition coefficient (Wildman–Crippen LogP) is 2.08. The Kier molecular flexibility index (Phi) is 2.86. The van der Waals surface area contributed by atoms with E-state index in [0.29, 0.717) is 28.0 Å². The lowest BCUT2D eigenvalue weighted by Crippen LogP contribution is -2.12. The summed E-state index contributed by atoms with van der Waals surface area (Å²) in [5, 5.41) is 11.5. The van der Waals surface area contributed by atoms with Crippen LogP contribution in [0.1, 0.15) is 15.9 Å². The number of benzene rings is 1. The molecule has 3 aromatic rings. The van der Waals surface area contributed by atoms with Crippen molar-refractivity contribution in [2.45, 2.75) is 0 Å². The van der Waals surface area contributed by atoms with Crippen LogP contribution in [0.3, 0.4) is 0 Å². The number of carbonyl (C=O) groups is 1. The molecular formula is C14H9N5O. The van der Waals surface area contributed by atoms with Crippen LogP contribution in [-0.4, -0.2) is 20.9 Å². The minimum atomic E-state index is -0.288. The molecule has 0 aliphatic rings. The van der Waals surface area contributed by atoms with Crippen LogP contribution in [0.4, 0.5) is 5.69 Å². The van der Waals surface area contributed by atoms with E-state index in [0.717, 1.165) is 0 Å². The molecular weight excluding hydrogens is 254 g/mol. The summed E-state index contributed by atoms with van der Waals surface area (Å²) < 4.78 is 0. The molecule has 0 saturated carbocycles. The molecule has 0 bridgehead atoms. The summed E-state index contributed by atoms with van der Waals surface area (Å²) in [5.74, 6) is -0.288. The first-order valence-electron chi connectivity index (χ1n) is 5.87. The summed E-state index contributed by atoms with van der Waals surface area (Å²) in [6.45, 7) is 0. The molecule has 1 amide bonds. The van der Waals surface area contributed by atoms with Crippen LogP contribution in [0.25, 0.3) is 11.2 Å². The van der Waals surface area contributed by atoms with E-state index in [-0.39, 0.29) is 5.91 Å². The van der Waals surface area contributed by atoms with Crippen molar-refractivity contribution in [1.29, 1.82) is 5.26 Å². The predicted molar refractivity (Wildman–Crippen MR) is 73.0 cm³/mol. The number of hydrogen-bond acceptors (Lipinski definition) is 4. The largest absolute Gasteiger partial charge is 0.343 e. The zero-order chi connectivity index (χ0) is 13.9. The quantitative estimate of drug-likeness (QED) is 0.740. The van der Waals surface area contributed by atoms with Crippen LogP contribution >= 0.6 is 0 Å². The van der Waals surface area contributed by atoms with Gasteiger partial charge in [-0.3, -0.25) is 4.79 Å². The van der Waals surface area contributed by atoms with Gasteiger partial charge in [-0.05, 0) is 24.3 Å². The molecule has 20 heavy (non-hydrogen) atoms. The van der Waals surface area contributed by atoms with Crippen LogP contribution in [0.15, 0.2) is 42.9 Å². The fourth-order valence-electron chi connectivity index (χ4n) is 1.82. The fourth-order valence-corrected chi connectivity index (χ4v) is 1.82. The van der Waals surface area contributed by atoms with E-state index in [2.05, 4.69) is 20.3 Å². The van der Waals surface area contributed by atoms with Gasteiger partial charge >= 0.3 is 0 Å². The molecule has 0 aliphatic heterocycles. The SMILES string of the molecule is N#Cc1cccc(NC(=O)c2cnc3nc[nH]c3c2)c1. The van der Waals surface area contributed by atoms with Crippen molar-refractivity contribution in [1.82, 2.24) is 15.0 Å². The van der Waals surface area contributed by atoms with Crippen molar-refractivity contribution >= 4 is 22.8 Å². The molecule has 0 spiro atoms. The summed E-state index contributed by atoms with van der Waals surface area (Å²) in [4.78, 5) is 23.1. The van der Waals surface area contributed by atoms with Crippen molar-refractivity contribution in [2.75, 3.05) is 5.32 Å². The Morgan fingerprint density at radius 2 is 2.20 bits per heavy atom. The maximum absolute atomic E-state index is 12.1. The molecule has 2 heterocycles. The number of pyridine rings is 1. The molecule has 1 aromatic carbocycles. The summed E-state index contributed by atoms with van der Waals surface area (Å²) in [6, 6.07) is 10.4. The second kappa shape index (κ2) is 4.82. The number of H-pyrrole nitrogens is 1. The third kappa shape index (κ3) is 2.20. The molecule has 2 N–H and O–H groups in total. The first-order chi connectivity index (χ1) is 9.76. The highest BCUT2D eigenvalue weighted by molar-refractivity contribution is 6.05. The van der Waals surface area contributed by atoms with Crippen LogP contribution in [0.2, 0.25) is 0 Å². The van der Waals surface area contributed by atoms with E-state index in [4.69, 9.17) is 5.26 Å². The number of imidazole rings is 1. The van der Waals surface area contributed by atoms with E-state index in [9.17, 15) is 4.79 Å². The zero-order valence-corrected chi connectivity index (χ0v) is 10.3. The zero-order valence-electron chi connectivity index (χ0n) is 10.3. The molecule has 6 nitrogen and oxygen atoms in total. The highest BCUT2D eigenvalue weighted by Crippen LogP contribution is 2.13. The van der Waals surface area contributed by atoms with Crippen molar-refractivity contribution in [2.24, 2.45) is 0 Å². The number of nitrogens with one attached hydrogen (secondary N) is 2. The van der Waals surface area contributed by atoms with Crippen LogP contribution in [0.5, 0.6) is 0 Å². The monoisotopic (exact) mass is 263 g/mol. The molecule has 0 aliphatic carbocycles.